The highest BCUT2D eigenvalue weighted by molar-refractivity contribution is 5.72. The molecule has 1 aliphatic rings. The predicted octanol–water partition coefficient (Wildman–Crippen LogP) is 1.66. The summed E-state index contributed by atoms with van der Waals surface area (Å²) in [6, 6.07) is 0. The van der Waals surface area contributed by atoms with Gasteiger partial charge in [0.15, 0.2) is 0 Å². The summed E-state index contributed by atoms with van der Waals surface area (Å²) in [4.78, 5) is 10.8. The molecule has 0 amide bonds. The highest BCUT2D eigenvalue weighted by Crippen LogP contribution is 2.41. The molecule has 0 radical (unpaired) electrons. The van der Waals surface area contributed by atoms with Gasteiger partial charge in [-0.25, -0.2) is 0 Å². The summed E-state index contributed by atoms with van der Waals surface area (Å²) in [6.45, 7) is 7.52. The number of carboxylic acids is 1. The molecule has 1 N–H and O–H groups in total. The summed E-state index contributed by atoms with van der Waals surface area (Å²) in [5, 5.41) is 8.90. The van der Waals surface area contributed by atoms with E-state index < -0.39 is 11.6 Å². The molecule has 0 aromatic rings. The quantitative estimate of drug-likeness (QED) is 0.654. The maximum atomic E-state index is 10.8. The maximum absolute atomic E-state index is 10.8. The van der Waals surface area contributed by atoms with E-state index in [1.54, 1.807) is 0 Å². The van der Waals surface area contributed by atoms with Gasteiger partial charge < -0.3 is 9.84 Å². The Morgan fingerprint density at radius 1 is 1.42 bits per heavy atom. The van der Waals surface area contributed by atoms with Crippen LogP contribution in [0.2, 0.25) is 0 Å². The van der Waals surface area contributed by atoms with Crippen LogP contribution in [0, 0.1) is 5.92 Å². The third-order valence-corrected chi connectivity index (χ3v) is 2.37. The van der Waals surface area contributed by atoms with Crippen molar-refractivity contribution >= 4 is 5.97 Å². The standard InChI is InChI=1S/C9H16O3/c1-8(2)5-6(7(10)11)9(3,4)12-8/h6H,5H2,1-4H3,(H,10,11)/t6-/m0/s1. The molecule has 1 fully saturated rings. The molecule has 0 bridgehead atoms. The number of hydrogen-bond acceptors (Lipinski definition) is 2. The fraction of sp³-hybridized carbons (Fsp3) is 0.889. The van der Waals surface area contributed by atoms with Crippen molar-refractivity contribution in [1.29, 1.82) is 0 Å². The zero-order valence-electron chi connectivity index (χ0n) is 8.05. The highest BCUT2D eigenvalue weighted by Gasteiger charge is 2.49. The van der Waals surface area contributed by atoms with Crippen molar-refractivity contribution in [3.05, 3.63) is 0 Å². The molecule has 1 saturated heterocycles. The average Bonchev–Trinajstić information content (AvgIpc) is 1.99. The molecule has 1 atom stereocenters. The summed E-state index contributed by atoms with van der Waals surface area (Å²) in [7, 11) is 0. The van der Waals surface area contributed by atoms with Crippen molar-refractivity contribution in [1.82, 2.24) is 0 Å². The Kier molecular flexibility index (Phi) is 1.95. The van der Waals surface area contributed by atoms with Crippen molar-refractivity contribution in [3.8, 4) is 0 Å². The van der Waals surface area contributed by atoms with Gasteiger partial charge in [-0.3, -0.25) is 4.79 Å². The van der Waals surface area contributed by atoms with Gasteiger partial charge in [-0.15, -0.1) is 0 Å². The van der Waals surface area contributed by atoms with Gasteiger partial charge in [0.05, 0.1) is 17.1 Å². The van der Waals surface area contributed by atoms with E-state index in [-0.39, 0.29) is 11.5 Å². The minimum absolute atomic E-state index is 0.299. The van der Waals surface area contributed by atoms with Crippen LogP contribution in [0.4, 0.5) is 0 Å². The topological polar surface area (TPSA) is 46.5 Å². The van der Waals surface area contributed by atoms with Crippen LogP contribution in [0.3, 0.4) is 0 Å². The Bertz CT molecular complexity index is 206. The van der Waals surface area contributed by atoms with Crippen LogP contribution >= 0.6 is 0 Å². The molecule has 3 heteroatoms. The molecule has 1 aliphatic heterocycles. The second-order valence-electron chi connectivity index (χ2n) is 4.56. The molecule has 0 aliphatic carbocycles. The van der Waals surface area contributed by atoms with Crippen LogP contribution in [-0.4, -0.2) is 22.3 Å². The van der Waals surface area contributed by atoms with Crippen molar-refractivity contribution < 1.29 is 14.6 Å². The first kappa shape index (κ1) is 9.52. The number of ether oxygens (including phenoxy) is 1. The van der Waals surface area contributed by atoms with E-state index in [0.29, 0.717) is 6.42 Å². The van der Waals surface area contributed by atoms with E-state index in [9.17, 15) is 4.79 Å². The molecule has 0 saturated carbocycles. The van der Waals surface area contributed by atoms with Crippen LogP contribution in [0.25, 0.3) is 0 Å². The van der Waals surface area contributed by atoms with Crippen LogP contribution in [-0.2, 0) is 9.53 Å². The molecule has 1 rings (SSSR count). The van der Waals surface area contributed by atoms with Gasteiger partial charge in [-0.1, -0.05) is 0 Å². The van der Waals surface area contributed by atoms with Gasteiger partial charge in [0.25, 0.3) is 0 Å². The van der Waals surface area contributed by atoms with Crippen molar-refractivity contribution in [2.24, 2.45) is 5.92 Å². The maximum Gasteiger partial charge on any atom is 0.309 e. The van der Waals surface area contributed by atoms with Gasteiger partial charge in [0, 0.05) is 0 Å². The van der Waals surface area contributed by atoms with Crippen LogP contribution < -0.4 is 0 Å². The number of hydrogen-bond donors (Lipinski definition) is 1. The van der Waals surface area contributed by atoms with Gasteiger partial charge in [-0.2, -0.15) is 0 Å². The lowest BCUT2D eigenvalue weighted by Gasteiger charge is -2.25. The molecule has 0 aromatic heterocycles. The SMILES string of the molecule is CC1(C)C[C@@H](C(=O)O)C(C)(C)O1. The molecule has 70 valence electrons. The highest BCUT2D eigenvalue weighted by atomic mass is 16.5. The Balaban J connectivity index is 2.85. The van der Waals surface area contributed by atoms with Crippen LogP contribution in [0.15, 0.2) is 0 Å². The van der Waals surface area contributed by atoms with E-state index in [2.05, 4.69) is 0 Å². The first-order chi connectivity index (χ1) is 5.25. The third kappa shape index (κ3) is 1.61. The lowest BCUT2D eigenvalue weighted by Crippen LogP contribution is -2.33. The first-order valence-electron chi connectivity index (χ1n) is 4.18. The molecular formula is C9H16O3. The summed E-state index contributed by atoms with van der Waals surface area (Å²) in [5.74, 6) is -1.14. The van der Waals surface area contributed by atoms with Crippen LogP contribution in [0.1, 0.15) is 34.1 Å². The van der Waals surface area contributed by atoms with E-state index in [0.717, 1.165) is 0 Å². The molecule has 0 aromatic carbocycles. The zero-order chi connectivity index (χ0) is 9.57. The Labute approximate surface area is 72.7 Å². The second-order valence-corrected chi connectivity index (χ2v) is 4.56. The summed E-state index contributed by atoms with van der Waals surface area (Å²) < 4.78 is 5.63. The number of carboxylic acid groups (broad SMARTS) is 1. The van der Waals surface area contributed by atoms with Crippen LogP contribution in [0.5, 0.6) is 0 Å². The van der Waals surface area contributed by atoms with Crippen molar-refractivity contribution in [3.63, 3.8) is 0 Å². The number of rotatable bonds is 1. The molecule has 3 nitrogen and oxygen atoms in total. The van der Waals surface area contributed by atoms with Gasteiger partial charge in [0.2, 0.25) is 0 Å². The van der Waals surface area contributed by atoms with E-state index >= 15 is 0 Å². The number of aliphatic carboxylic acids is 1. The lowest BCUT2D eigenvalue weighted by molar-refractivity contribution is -0.148. The minimum Gasteiger partial charge on any atom is -0.481 e. The molecular weight excluding hydrogens is 156 g/mol. The summed E-state index contributed by atoms with van der Waals surface area (Å²) >= 11 is 0. The molecule has 12 heavy (non-hydrogen) atoms. The first-order valence-corrected chi connectivity index (χ1v) is 4.18. The summed E-state index contributed by atoms with van der Waals surface area (Å²) in [5.41, 5.74) is -0.831. The van der Waals surface area contributed by atoms with E-state index in [1.807, 2.05) is 27.7 Å². The Morgan fingerprint density at radius 2 is 1.92 bits per heavy atom. The van der Waals surface area contributed by atoms with Gasteiger partial charge >= 0.3 is 5.97 Å². The second kappa shape index (κ2) is 2.46. The minimum atomic E-state index is -0.759. The van der Waals surface area contributed by atoms with E-state index in [1.165, 1.54) is 0 Å². The monoisotopic (exact) mass is 172 g/mol. The number of carbonyl (C=O) groups is 1. The van der Waals surface area contributed by atoms with Gasteiger partial charge in [-0.05, 0) is 34.1 Å². The Morgan fingerprint density at radius 3 is 2.08 bits per heavy atom. The van der Waals surface area contributed by atoms with Crippen molar-refractivity contribution in [2.45, 2.75) is 45.3 Å². The normalized spacial score (nSPS) is 31.8. The largest absolute Gasteiger partial charge is 0.481 e. The third-order valence-electron chi connectivity index (χ3n) is 2.37. The smallest absolute Gasteiger partial charge is 0.309 e. The molecule has 0 unspecified atom stereocenters. The Hall–Kier alpha value is -0.570. The van der Waals surface area contributed by atoms with Crippen molar-refractivity contribution in [2.75, 3.05) is 0 Å². The van der Waals surface area contributed by atoms with E-state index in [4.69, 9.17) is 9.84 Å². The fourth-order valence-corrected chi connectivity index (χ4v) is 1.95. The van der Waals surface area contributed by atoms with Gasteiger partial charge in [0.1, 0.15) is 0 Å². The average molecular weight is 172 g/mol. The zero-order valence-corrected chi connectivity index (χ0v) is 8.05. The summed E-state index contributed by atoms with van der Waals surface area (Å²) in [6.07, 6.45) is 0.593. The lowest BCUT2D eigenvalue weighted by atomic mass is 9.88. The molecule has 0 spiro atoms. The fourth-order valence-electron chi connectivity index (χ4n) is 1.95. The molecule has 1 heterocycles. The predicted molar refractivity (Wildman–Crippen MR) is 45.0 cm³/mol.